The Bertz CT molecular complexity index is 353. The van der Waals surface area contributed by atoms with Gasteiger partial charge in [-0.2, -0.15) is 5.10 Å². The summed E-state index contributed by atoms with van der Waals surface area (Å²) < 4.78 is 2.07. The molecule has 0 aromatic carbocycles. The molecule has 0 aliphatic heterocycles. The van der Waals surface area contributed by atoms with Gasteiger partial charge in [-0.15, -0.1) is 0 Å². The van der Waals surface area contributed by atoms with E-state index in [9.17, 15) is 5.11 Å². The molecule has 15 heavy (non-hydrogen) atoms. The molecule has 1 heterocycles. The molecule has 3 nitrogen and oxygen atoms in total. The molecule has 0 radical (unpaired) electrons. The number of aromatic nitrogens is 2. The lowest BCUT2D eigenvalue weighted by molar-refractivity contribution is 0.172. The van der Waals surface area contributed by atoms with Gasteiger partial charge in [-0.25, -0.2) is 0 Å². The predicted octanol–water partition coefficient (Wildman–Crippen LogP) is 2.35. The molecule has 0 saturated heterocycles. The van der Waals surface area contributed by atoms with Crippen LogP contribution in [0.2, 0.25) is 0 Å². The Labute approximate surface area is 91.1 Å². The van der Waals surface area contributed by atoms with E-state index in [0.717, 1.165) is 35.8 Å². The van der Waals surface area contributed by atoms with Crippen LogP contribution in [0.25, 0.3) is 0 Å². The van der Waals surface area contributed by atoms with Gasteiger partial charge in [0, 0.05) is 17.8 Å². The molecule has 0 amide bonds. The van der Waals surface area contributed by atoms with Crippen LogP contribution in [0.1, 0.15) is 49.2 Å². The Morgan fingerprint density at radius 3 is 2.67 bits per heavy atom. The lowest BCUT2D eigenvalue weighted by Gasteiger charge is -2.08. The van der Waals surface area contributed by atoms with Crippen LogP contribution in [-0.2, 0) is 6.54 Å². The van der Waals surface area contributed by atoms with Crippen LogP contribution < -0.4 is 0 Å². The topological polar surface area (TPSA) is 38.1 Å². The highest BCUT2D eigenvalue weighted by atomic mass is 16.3. The summed E-state index contributed by atoms with van der Waals surface area (Å²) in [5.41, 5.74) is 3.18. The third-order valence-electron chi connectivity index (χ3n) is 3.29. The lowest BCUT2D eigenvalue weighted by Crippen LogP contribution is -2.05. The third-order valence-corrected chi connectivity index (χ3v) is 3.29. The van der Waals surface area contributed by atoms with Crippen molar-refractivity contribution in [3.8, 4) is 0 Å². The largest absolute Gasteiger partial charge is 0.388 e. The maximum absolute atomic E-state index is 9.90. The van der Waals surface area contributed by atoms with Crippen LogP contribution >= 0.6 is 0 Å². The normalized spacial score (nSPS) is 18.1. The van der Waals surface area contributed by atoms with E-state index in [1.165, 1.54) is 12.8 Å². The second-order valence-electron chi connectivity index (χ2n) is 4.63. The summed E-state index contributed by atoms with van der Waals surface area (Å²) in [6.45, 7) is 7.09. The summed E-state index contributed by atoms with van der Waals surface area (Å²) in [7, 11) is 0. The van der Waals surface area contributed by atoms with Crippen molar-refractivity contribution < 1.29 is 5.11 Å². The lowest BCUT2D eigenvalue weighted by atomic mass is 10.1. The van der Waals surface area contributed by atoms with Gasteiger partial charge in [-0.05, 0) is 39.0 Å². The monoisotopic (exact) mass is 208 g/mol. The molecule has 1 unspecified atom stereocenters. The maximum Gasteiger partial charge on any atom is 0.0823 e. The molecule has 1 saturated carbocycles. The van der Waals surface area contributed by atoms with Crippen LogP contribution in [0, 0.1) is 19.8 Å². The fraction of sp³-hybridized carbons (Fsp3) is 0.750. The smallest absolute Gasteiger partial charge is 0.0823 e. The Morgan fingerprint density at radius 1 is 1.47 bits per heavy atom. The van der Waals surface area contributed by atoms with Crippen molar-refractivity contribution in [2.24, 2.45) is 5.92 Å². The Kier molecular flexibility index (Phi) is 2.83. The molecule has 0 spiro atoms. The summed E-state index contributed by atoms with van der Waals surface area (Å²) in [5.74, 6) is 0.828. The van der Waals surface area contributed by atoms with Gasteiger partial charge in [0.15, 0.2) is 0 Å². The first-order valence-corrected chi connectivity index (χ1v) is 5.85. The summed E-state index contributed by atoms with van der Waals surface area (Å²) >= 11 is 0. The number of rotatable bonds is 4. The SMILES string of the molecule is CCC(O)c1c(C)nn(CC2CC2)c1C. The summed E-state index contributed by atoms with van der Waals surface area (Å²) in [6.07, 6.45) is 3.09. The quantitative estimate of drug-likeness (QED) is 0.824. The van der Waals surface area contributed by atoms with Gasteiger partial charge in [-0.3, -0.25) is 4.68 Å². The molecular weight excluding hydrogens is 188 g/mol. The molecule has 2 rings (SSSR count). The molecule has 1 aromatic rings. The highest BCUT2D eigenvalue weighted by Crippen LogP contribution is 2.32. The molecular formula is C12H20N2O. The molecule has 1 fully saturated rings. The molecule has 3 heteroatoms. The maximum atomic E-state index is 9.90. The number of nitrogens with zero attached hydrogens (tertiary/aromatic N) is 2. The van der Waals surface area contributed by atoms with Crippen molar-refractivity contribution in [1.82, 2.24) is 9.78 Å². The van der Waals surface area contributed by atoms with Gasteiger partial charge in [0.25, 0.3) is 0 Å². The summed E-state index contributed by atoms with van der Waals surface area (Å²) in [6, 6.07) is 0. The van der Waals surface area contributed by atoms with E-state index in [2.05, 4.69) is 16.7 Å². The van der Waals surface area contributed by atoms with E-state index < -0.39 is 0 Å². The Morgan fingerprint density at radius 2 is 2.13 bits per heavy atom. The molecule has 1 aromatic heterocycles. The fourth-order valence-electron chi connectivity index (χ4n) is 2.12. The second-order valence-corrected chi connectivity index (χ2v) is 4.63. The Balaban J connectivity index is 2.25. The van der Waals surface area contributed by atoms with E-state index in [1.807, 2.05) is 13.8 Å². The van der Waals surface area contributed by atoms with E-state index in [1.54, 1.807) is 0 Å². The first kappa shape index (κ1) is 10.7. The van der Waals surface area contributed by atoms with E-state index in [-0.39, 0.29) is 6.10 Å². The first-order chi connectivity index (χ1) is 7.13. The highest BCUT2D eigenvalue weighted by Gasteiger charge is 2.25. The van der Waals surface area contributed by atoms with E-state index in [0.29, 0.717) is 0 Å². The van der Waals surface area contributed by atoms with Crippen molar-refractivity contribution in [1.29, 1.82) is 0 Å². The standard InChI is InChI=1S/C12H20N2O/c1-4-11(15)12-8(2)13-14(9(12)3)7-10-5-6-10/h10-11,15H,4-7H2,1-3H3. The van der Waals surface area contributed by atoms with Gasteiger partial charge in [0.2, 0.25) is 0 Å². The van der Waals surface area contributed by atoms with Gasteiger partial charge in [0.05, 0.1) is 11.8 Å². The van der Waals surface area contributed by atoms with Gasteiger partial charge < -0.3 is 5.11 Å². The van der Waals surface area contributed by atoms with Crippen LogP contribution in [0.3, 0.4) is 0 Å². The van der Waals surface area contributed by atoms with Crippen molar-refractivity contribution >= 4 is 0 Å². The average Bonchev–Trinajstić information content (AvgIpc) is 2.95. The second kappa shape index (κ2) is 3.97. The van der Waals surface area contributed by atoms with Gasteiger partial charge in [0.1, 0.15) is 0 Å². The van der Waals surface area contributed by atoms with Gasteiger partial charge in [-0.1, -0.05) is 6.92 Å². The molecule has 1 aliphatic carbocycles. The summed E-state index contributed by atoms with van der Waals surface area (Å²) in [5, 5.41) is 14.4. The Hall–Kier alpha value is -0.830. The highest BCUT2D eigenvalue weighted by molar-refractivity contribution is 5.27. The minimum absolute atomic E-state index is 0.349. The van der Waals surface area contributed by atoms with Crippen LogP contribution in [0.4, 0.5) is 0 Å². The van der Waals surface area contributed by atoms with Crippen molar-refractivity contribution in [3.63, 3.8) is 0 Å². The zero-order chi connectivity index (χ0) is 11.0. The molecule has 84 valence electrons. The number of aliphatic hydroxyl groups is 1. The minimum atomic E-state index is -0.349. The zero-order valence-electron chi connectivity index (χ0n) is 9.82. The predicted molar refractivity (Wildman–Crippen MR) is 59.7 cm³/mol. The van der Waals surface area contributed by atoms with E-state index >= 15 is 0 Å². The van der Waals surface area contributed by atoms with Crippen molar-refractivity contribution in [2.75, 3.05) is 0 Å². The molecule has 1 aliphatic rings. The number of hydrogen-bond donors (Lipinski definition) is 1. The first-order valence-electron chi connectivity index (χ1n) is 5.85. The number of aliphatic hydroxyl groups excluding tert-OH is 1. The average molecular weight is 208 g/mol. The molecule has 0 bridgehead atoms. The van der Waals surface area contributed by atoms with Crippen molar-refractivity contribution in [3.05, 3.63) is 17.0 Å². The van der Waals surface area contributed by atoms with Gasteiger partial charge >= 0.3 is 0 Å². The number of hydrogen-bond acceptors (Lipinski definition) is 2. The van der Waals surface area contributed by atoms with E-state index in [4.69, 9.17) is 0 Å². The van der Waals surface area contributed by atoms with Crippen LogP contribution in [-0.4, -0.2) is 14.9 Å². The third kappa shape index (κ3) is 2.07. The number of aryl methyl sites for hydroxylation is 1. The molecule has 1 atom stereocenters. The minimum Gasteiger partial charge on any atom is -0.388 e. The summed E-state index contributed by atoms with van der Waals surface area (Å²) in [4.78, 5) is 0. The molecule has 1 N–H and O–H groups in total. The fourth-order valence-corrected chi connectivity index (χ4v) is 2.12. The van der Waals surface area contributed by atoms with Crippen molar-refractivity contribution in [2.45, 2.75) is 52.7 Å². The van der Waals surface area contributed by atoms with Crippen LogP contribution in [0.15, 0.2) is 0 Å². The zero-order valence-corrected chi connectivity index (χ0v) is 9.82. The van der Waals surface area contributed by atoms with Crippen LogP contribution in [0.5, 0.6) is 0 Å².